The van der Waals surface area contributed by atoms with Gasteiger partial charge in [-0.15, -0.1) is 11.8 Å². The topological polar surface area (TPSA) is 75.6 Å². The van der Waals surface area contributed by atoms with Crippen LogP contribution < -0.4 is 5.32 Å². The summed E-state index contributed by atoms with van der Waals surface area (Å²) in [5.74, 6) is 0.520. The van der Waals surface area contributed by atoms with Crippen molar-refractivity contribution in [3.8, 4) is 0 Å². The molecule has 19 heavy (non-hydrogen) atoms. The summed E-state index contributed by atoms with van der Waals surface area (Å²) in [5, 5.41) is 11.6. The quantitative estimate of drug-likeness (QED) is 0.802. The number of carboxylic acids is 1. The van der Waals surface area contributed by atoms with Gasteiger partial charge in [-0.1, -0.05) is 0 Å². The lowest BCUT2D eigenvalue weighted by atomic mass is 10.1. The van der Waals surface area contributed by atoms with E-state index in [0.29, 0.717) is 18.1 Å². The Labute approximate surface area is 116 Å². The van der Waals surface area contributed by atoms with E-state index in [0.717, 1.165) is 25.9 Å². The minimum atomic E-state index is -0.773. The minimum absolute atomic E-state index is 0.0179. The molecule has 2 saturated heterocycles. The van der Waals surface area contributed by atoms with Crippen LogP contribution in [-0.4, -0.2) is 46.7 Å². The van der Waals surface area contributed by atoms with Gasteiger partial charge in [0.1, 0.15) is 5.25 Å². The fourth-order valence-corrected chi connectivity index (χ4v) is 4.27. The summed E-state index contributed by atoms with van der Waals surface area (Å²) in [6, 6.07) is 0.0179. The molecule has 0 aromatic carbocycles. The highest BCUT2D eigenvalue weighted by Crippen LogP contribution is 2.45. The fourth-order valence-electron chi connectivity index (χ4n) is 3.07. The molecule has 3 rings (SSSR count). The minimum Gasteiger partial charge on any atom is -0.480 e. The van der Waals surface area contributed by atoms with Crippen LogP contribution in [0.4, 0.5) is 0 Å². The van der Waals surface area contributed by atoms with Crippen LogP contribution >= 0.6 is 11.8 Å². The number of thioether (sulfide) groups is 1. The van der Waals surface area contributed by atoms with Gasteiger partial charge in [-0.3, -0.25) is 9.59 Å². The predicted molar refractivity (Wildman–Crippen MR) is 71.0 cm³/mol. The molecular formula is C13H19NO4S. The second kappa shape index (κ2) is 5.32. The molecule has 1 unspecified atom stereocenters. The van der Waals surface area contributed by atoms with Crippen molar-refractivity contribution in [3.05, 3.63) is 0 Å². The Hall–Kier alpha value is -0.750. The molecule has 5 nitrogen and oxygen atoms in total. The molecule has 1 aliphatic carbocycles. The summed E-state index contributed by atoms with van der Waals surface area (Å²) in [7, 11) is 0. The molecule has 2 aliphatic heterocycles. The van der Waals surface area contributed by atoms with Crippen molar-refractivity contribution in [2.75, 3.05) is 12.4 Å². The maximum absolute atomic E-state index is 12.1. The monoisotopic (exact) mass is 285 g/mol. The van der Waals surface area contributed by atoms with E-state index < -0.39 is 5.97 Å². The number of ether oxygens (including phenoxy) is 1. The largest absolute Gasteiger partial charge is 0.480 e. The summed E-state index contributed by atoms with van der Waals surface area (Å²) < 4.78 is 5.61. The van der Waals surface area contributed by atoms with Crippen molar-refractivity contribution in [1.29, 1.82) is 0 Å². The molecule has 0 aromatic heterocycles. The van der Waals surface area contributed by atoms with Crippen LogP contribution in [0.3, 0.4) is 0 Å². The van der Waals surface area contributed by atoms with Crippen molar-refractivity contribution in [2.45, 2.75) is 43.1 Å². The van der Waals surface area contributed by atoms with Gasteiger partial charge in [0.15, 0.2) is 0 Å². The molecule has 0 spiro atoms. The van der Waals surface area contributed by atoms with Crippen molar-refractivity contribution in [3.63, 3.8) is 0 Å². The van der Waals surface area contributed by atoms with Crippen LogP contribution in [0.15, 0.2) is 0 Å². The first-order chi connectivity index (χ1) is 9.15. The molecule has 0 bridgehead atoms. The third-order valence-electron chi connectivity index (χ3n) is 4.24. The van der Waals surface area contributed by atoms with Crippen molar-refractivity contribution < 1.29 is 19.4 Å². The first-order valence-electron chi connectivity index (χ1n) is 6.91. The zero-order valence-electron chi connectivity index (χ0n) is 10.7. The van der Waals surface area contributed by atoms with Crippen molar-refractivity contribution in [2.24, 2.45) is 11.8 Å². The Morgan fingerprint density at radius 3 is 2.79 bits per heavy atom. The van der Waals surface area contributed by atoms with Crippen molar-refractivity contribution in [1.82, 2.24) is 5.32 Å². The molecule has 2 N–H and O–H groups in total. The molecule has 1 saturated carbocycles. The van der Waals surface area contributed by atoms with Crippen LogP contribution in [0.5, 0.6) is 0 Å². The average molecular weight is 285 g/mol. The van der Waals surface area contributed by atoms with E-state index in [4.69, 9.17) is 9.84 Å². The lowest BCUT2D eigenvalue weighted by molar-refractivity contribution is -0.136. The number of carboxylic acid groups (broad SMARTS) is 1. The van der Waals surface area contributed by atoms with Crippen LogP contribution in [0.25, 0.3) is 0 Å². The number of aliphatic carboxylic acids is 1. The van der Waals surface area contributed by atoms with Gasteiger partial charge < -0.3 is 15.2 Å². The van der Waals surface area contributed by atoms with E-state index in [1.807, 2.05) is 0 Å². The van der Waals surface area contributed by atoms with E-state index in [2.05, 4.69) is 5.32 Å². The van der Waals surface area contributed by atoms with Crippen LogP contribution in [-0.2, 0) is 14.3 Å². The molecule has 106 valence electrons. The van der Waals surface area contributed by atoms with E-state index in [9.17, 15) is 9.59 Å². The maximum Gasteiger partial charge on any atom is 0.316 e. The molecule has 0 aromatic rings. The van der Waals surface area contributed by atoms with Gasteiger partial charge >= 0.3 is 5.97 Å². The van der Waals surface area contributed by atoms with Crippen LogP contribution in [0.2, 0.25) is 0 Å². The molecular weight excluding hydrogens is 266 g/mol. The van der Waals surface area contributed by atoms with Gasteiger partial charge in [0.2, 0.25) is 5.91 Å². The number of amides is 1. The van der Waals surface area contributed by atoms with Crippen molar-refractivity contribution >= 4 is 23.6 Å². The first-order valence-corrected chi connectivity index (χ1v) is 7.96. The fraction of sp³-hybridized carbons (Fsp3) is 0.846. The van der Waals surface area contributed by atoms with E-state index in [1.54, 1.807) is 0 Å². The van der Waals surface area contributed by atoms with Gasteiger partial charge in [-0.2, -0.15) is 0 Å². The van der Waals surface area contributed by atoms with E-state index in [-0.39, 0.29) is 29.2 Å². The van der Waals surface area contributed by atoms with Gasteiger partial charge in [0.25, 0.3) is 0 Å². The third-order valence-corrected chi connectivity index (χ3v) is 5.63. The highest BCUT2D eigenvalue weighted by atomic mass is 32.2. The molecule has 1 amide bonds. The SMILES string of the molecule is O=C(O)[C@@H]1C[C@H](NC(=O)[C@@H]2C[C@H]2C2CCCO2)CS1. The number of hydrogen-bond donors (Lipinski definition) is 2. The molecule has 6 heteroatoms. The lowest BCUT2D eigenvalue weighted by Crippen LogP contribution is -2.37. The van der Waals surface area contributed by atoms with Crippen LogP contribution in [0, 0.1) is 11.8 Å². The molecule has 3 fully saturated rings. The smallest absolute Gasteiger partial charge is 0.316 e. The number of carbonyl (C=O) groups excluding carboxylic acids is 1. The summed E-state index contributed by atoms with van der Waals surface area (Å²) in [5.41, 5.74) is 0. The normalized spacial score (nSPS) is 41.2. The van der Waals surface area contributed by atoms with E-state index in [1.165, 1.54) is 11.8 Å². The molecule has 3 aliphatic rings. The number of carbonyl (C=O) groups is 2. The molecule has 5 atom stereocenters. The zero-order chi connectivity index (χ0) is 13.4. The van der Waals surface area contributed by atoms with Crippen LogP contribution in [0.1, 0.15) is 25.7 Å². The lowest BCUT2D eigenvalue weighted by Gasteiger charge is -2.13. The number of hydrogen-bond acceptors (Lipinski definition) is 4. The maximum atomic E-state index is 12.1. The Balaban J connectivity index is 1.44. The molecule has 0 radical (unpaired) electrons. The summed E-state index contributed by atoms with van der Waals surface area (Å²) in [4.78, 5) is 22.9. The van der Waals surface area contributed by atoms with E-state index >= 15 is 0 Å². The highest BCUT2D eigenvalue weighted by Gasteiger charge is 2.49. The molecule has 2 heterocycles. The highest BCUT2D eigenvalue weighted by molar-refractivity contribution is 8.00. The summed E-state index contributed by atoms with van der Waals surface area (Å²) in [6.45, 7) is 0.828. The summed E-state index contributed by atoms with van der Waals surface area (Å²) >= 11 is 1.42. The zero-order valence-corrected chi connectivity index (χ0v) is 11.5. The van der Waals surface area contributed by atoms with Gasteiger partial charge in [-0.05, 0) is 31.6 Å². The third kappa shape index (κ3) is 2.89. The van der Waals surface area contributed by atoms with Gasteiger partial charge in [-0.25, -0.2) is 0 Å². The Morgan fingerprint density at radius 1 is 1.32 bits per heavy atom. The second-order valence-electron chi connectivity index (χ2n) is 5.66. The summed E-state index contributed by atoms with van der Waals surface area (Å²) in [6.07, 6.45) is 3.94. The second-order valence-corrected chi connectivity index (χ2v) is 6.89. The van der Waals surface area contributed by atoms with Gasteiger partial charge in [0, 0.05) is 24.3 Å². The first kappa shape index (κ1) is 13.2. The van der Waals surface area contributed by atoms with Gasteiger partial charge in [0.05, 0.1) is 6.10 Å². The Morgan fingerprint density at radius 2 is 2.16 bits per heavy atom. The predicted octanol–water partition coefficient (Wildman–Crippen LogP) is 0.876. The number of nitrogens with one attached hydrogen (secondary N) is 1. The Kier molecular flexibility index (Phi) is 3.71. The average Bonchev–Trinajstić information content (AvgIpc) is 2.79. The standard InChI is InChI=1S/C13H19NO4S/c15-12(9-5-8(9)10-2-1-3-18-10)14-7-4-11(13(16)17)19-6-7/h7-11H,1-6H2,(H,14,15)(H,16,17)/t7-,8+,9+,10?,11-/m0/s1. The number of rotatable bonds is 4. The Bertz CT molecular complexity index is 383.